The second-order valence-electron chi connectivity index (χ2n) is 3.55. The van der Waals surface area contributed by atoms with Crippen molar-refractivity contribution >= 4 is 23.1 Å². The van der Waals surface area contributed by atoms with E-state index in [1.807, 2.05) is 6.92 Å². The quantitative estimate of drug-likeness (QED) is 0.502. The summed E-state index contributed by atoms with van der Waals surface area (Å²) in [5.41, 5.74) is 5.34. The fraction of sp³-hybridized carbons (Fsp3) is 0.800. The van der Waals surface area contributed by atoms with Crippen LogP contribution in [-0.2, 0) is 4.79 Å². The van der Waals surface area contributed by atoms with E-state index in [0.717, 1.165) is 19.3 Å². The smallest absolute Gasteiger partial charge is 0.222 e. The normalized spacial score (nSPS) is 12.1. The summed E-state index contributed by atoms with van der Waals surface area (Å²) in [7, 11) is 0. The molecule has 3 N–H and O–H groups in total. The van der Waals surface area contributed by atoms with Gasteiger partial charge in [0.2, 0.25) is 5.91 Å². The average molecular weight is 216 g/mol. The van der Waals surface area contributed by atoms with Crippen molar-refractivity contribution in [2.24, 2.45) is 11.7 Å². The molecule has 0 aromatic heterocycles. The molecule has 0 aromatic rings. The summed E-state index contributed by atoms with van der Waals surface area (Å²) in [6.45, 7) is 4.70. The van der Waals surface area contributed by atoms with Crippen LogP contribution in [0, 0.1) is 5.92 Å². The van der Waals surface area contributed by atoms with Crippen LogP contribution in [-0.4, -0.2) is 17.4 Å². The van der Waals surface area contributed by atoms with Gasteiger partial charge in [0, 0.05) is 12.5 Å². The highest BCUT2D eigenvalue weighted by atomic mass is 32.1. The van der Waals surface area contributed by atoms with Gasteiger partial charge in [-0.15, -0.1) is 0 Å². The van der Waals surface area contributed by atoms with E-state index in [9.17, 15) is 4.79 Å². The van der Waals surface area contributed by atoms with Crippen LogP contribution in [0.2, 0.25) is 0 Å². The van der Waals surface area contributed by atoms with Gasteiger partial charge in [-0.05, 0) is 19.3 Å². The molecule has 4 heteroatoms. The molecule has 0 saturated heterocycles. The molecule has 0 bridgehead atoms. The Morgan fingerprint density at radius 3 is 2.71 bits per heavy atom. The second kappa shape index (κ2) is 7.74. The molecule has 1 amide bonds. The summed E-state index contributed by atoms with van der Waals surface area (Å²) in [6.07, 6.45) is 3.53. The topological polar surface area (TPSA) is 55.1 Å². The van der Waals surface area contributed by atoms with Crippen molar-refractivity contribution in [3.63, 3.8) is 0 Å². The molecule has 0 aromatic carbocycles. The summed E-state index contributed by atoms with van der Waals surface area (Å²) < 4.78 is 0. The largest absolute Gasteiger partial charge is 0.393 e. The van der Waals surface area contributed by atoms with E-state index in [1.165, 1.54) is 0 Å². The van der Waals surface area contributed by atoms with Gasteiger partial charge < -0.3 is 11.1 Å². The number of hydrogen-bond acceptors (Lipinski definition) is 2. The van der Waals surface area contributed by atoms with Crippen LogP contribution in [0.3, 0.4) is 0 Å². The van der Waals surface area contributed by atoms with Gasteiger partial charge in [-0.2, -0.15) is 0 Å². The van der Waals surface area contributed by atoms with E-state index >= 15 is 0 Å². The zero-order chi connectivity index (χ0) is 11.0. The third-order valence-corrected chi connectivity index (χ3v) is 2.27. The van der Waals surface area contributed by atoms with E-state index in [-0.39, 0.29) is 11.8 Å². The molecule has 0 aliphatic heterocycles. The van der Waals surface area contributed by atoms with Crippen LogP contribution in [0.4, 0.5) is 0 Å². The molecule has 1 atom stereocenters. The Bertz CT molecular complexity index is 195. The molecule has 14 heavy (non-hydrogen) atoms. The Kier molecular flexibility index (Phi) is 7.38. The van der Waals surface area contributed by atoms with Crippen molar-refractivity contribution in [2.75, 3.05) is 6.54 Å². The number of hydrogen-bond donors (Lipinski definition) is 2. The summed E-state index contributed by atoms with van der Waals surface area (Å²) >= 11 is 4.73. The van der Waals surface area contributed by atoms with Gasteiger partial charge in [-0.1, -0.05) is 32.5 Å². The Hall–Kier alpha value is -0.640. The molecular formula is C10H20N2OS. The Labute approximate surface area is 91.4 Å². The first kappa shape index (κ1) is 13.4. The van der Waals surface area contributed by atoms with Crippen molar-refractivity contribution in [2.45, 2.75) is 39.5 Å². The van der Waals surface area contributed by atoms with Gasteiger partial charge in [0.15, 0.2) is 0 Å². The number of rotatable bonds is 7. The lowest BCUT2D eigenvalue weighted by Gasteiger charge is -2.10. The van der Waals surface area contributed by atoms with E-state index in [2.05, 4.69) is 12.2 Å². The number of carbonyl (C=O) groups is 1. The maximum absolute atomic E-state index is 11.4. The highest BCUT2D eigenvalue weighted by Gasteiger charge is 2.10. The molecule has 0 fully saturated rings. The number of thiocarbonyl (C=S) groups is 1. The van der Waals surface area contributed by atoms with Gasteiger partial charge in [-0.25, -0.2) is 0 Å². The van der Waals surface area contributed by atoms with Gasteiger partial charge >= 0.3 is 0 Å². The van der Waals surface area contributed by atoms with E-state index < -0.39 is 0 Å². The fourth-order valence-corrected chi connectivity index (χ4v) is 1.36. The van der Waals surface area contributed by atoms with Crippen molar-refractivity contribution in [3.05, 3.63) is 0 Å². The number of nitrogens with one attached hydrogen (secondary N) is 1. The molecule has 0 saturated carbocycles. The molecule has 82 valence electrons. The summed E-state index contributed by atoms with van der Waals surface area (Å²) in [5.74, 6) is 0.250. The van der Waals surface area contributed by atoms with Crippen molar-refractivity contribution in [1.29, 1.82) is 0 Å². The van der Waals surface area contributed by atoms with Crippen molar-refractivity contribution in [3.8, 4) is 0 Å². The first-order chi connectivity index (χ1) is 6.57. The zero-order valence-corrected chi connectivity index (χ0v) is 9.82. The standard InChI is InChI=1S/C10H20N2OS/c1-3-5-8(2)10(13)12-7-4-6-9(11)14/h8H,3-7H2,1-2H3,(H2,11,14)(H,12,13). The molecular weight excluding hydrogens is 196 g/mol. The number of amides is 1. The van der Waals surface area contributed by atoms with Crippen LogP contribution in [0.1, 0.15) is 39.5 Å². The van der Waals surface area contributed by atoms with E-state index in [1.54, 1.807) is 0 Å². The molecule has 0 rings (SSSR count). The van der Waals surface area contributed by atoms with Crippen molar-refractivity contribution < 1.29 is 4.79 Å². The lowest BCUT2D eigenvalue weighted by Crippen LogP contribution is -2.30. The van der Waals surface area contributed by atoms with Crippen LogP contribution in [0.15, 0.2) is 0 Å². The molecule has 0 spiro atoms. The Morgan fingerprint density at radius 2 is 2.21 bits per heavy atom. The third-order valence-electron chi connectivity index (χ3n) is 2.07. The highest BCUT2D eigenvalue weighted by molar-refractivity contribution is 7.80. The molecule has 0 aliphatic rings. The summed E-state index contributed by atoms with van der Waals surface area (Å²) in [5, 5.41) is 2.87. The van der Waals surface area contributed by atoms with Gasteiger partial charge in [0.1, 0.15) is 0 Å². The predicted octanol–water partition coefficient (Wildman–Crippen LogP) is 1.61. The maximum atomic E-state index is 11.4. The molecule has 3 nitrogen and oxygen atoms in total. The first-order valence-electron chi connectivity index (χ1n) is 5.14. The second-order valence-corrected chi connectivity index (χ2v) is 4.07. The molecule has 0 heterocycles. The highest BCUT2D eigenvalue weighted by Crippen LogP contribution is 2.04. The molecule has 1 unspecified atom stereocenters. The fourth-order valence-electron chi connectivity index (χ4n) is 1.21. The van der Waals surface area contributed by atoms with E-state index in [0.29, 0.717) is 18.0 Å². The number of carbonyl (C=O) groups excluding carboxylic acids is 1. The van der Waals surface area contributed by atoms with Gasteiger partial charge in [0.25, 0.3) is 0 Å². The minimum absolute atomic E-state index is 0.116. The Balaban J connectivity index is 3.48. The summed E-state index contributed by atoms with van der Waals surface area (Å²) in [4.78, 5) is 11.9. The Morgan fingerprint density at radius 1 is 1.57 bits per heavy atom. The predicted molar refractivity (Wildman–Crippen MR) is 63.1 cm³/mol. The number of nitrogens with two attached hydrogens (primary N) is 1. The first-order valence-corrected chi connectivity index (χ1v) is 5.54. The van der Waals surface area contributed by atoms with Crippen LogP contribution in [0.5, 0.6) is 0 Å². The molecule has 0 radical (unpaired) electrons. The van der Waals surface area contributed by atoms with Gasteiger partial charge in [0.05, 0.1) is 4.99 Å². The SMILES string of the molecule is CCCC(C)C(=O)NCCCC(N)=S. The van der Waals surface area contributed by atoms with Gasteiger partial charge in [-0.3, -0.25) is 4.79 Å². The minimum atomic E-state index is 0.116. The van der Waals surface area contributed by atoms with Crippen LogP contribution in [0.25, 0.3) is 0 Å². The third kappa shape index (κ3) is 6.83. The van der Waals surface area contributed by atoms with Crippen molar-refractivity contribution in [1.82, 2.24) is 5.32 Å². The lowest BCUT2D eigenvalue weighted by atomic mass is 10.1. The van der Waals surface area contributed by atoms with E-state index in [4.69, 9.17) is 18.0 Å². The summed E-state index contributed by atoms with van der Waals surface area (Å²) in [6, 6.07) is 0. The minimum Gasteiger partial charge on any atom is -0.393 e. The zero-order valence-electron chi connectivity index (χ0n) is 9.01. The average Bonchev–Trinajstić information content (AvgIpc) is 2.12. The molecule has 0 aliphatic carbocycles. The monoisotopic (exact) mass is 216 g/mol. The maximum Gasteiger partial charge on any atom is 0.222 e. The lowest BCUT2D eigenvalue weighted by molar-refractivity contribution is -0.124. The van der Waals surface area contributed by atoms with Crippen LogP contribution >= 0.6 is 12.2 Å². The van der Waals surface area contributed by atoms with Crippen LogP contribution < -0.4 is 11.1 Å².